The highest BCUT2D eigenvalue weighted by molar-refractivity contribution is 4.86. The molecule has 18 heavy (non-hydrogen) atoms. The Morgan fingerprint density at radius 3 is 2.61 bits per heavy atom. The van der Waals surface area contributed by atoms with E-state index in [4.69, 9.17) is 0 Å². The quantitative estimate of drug-likeness (QED) is 0.776. The predicted molar refractivity (Wildman–Crippen MR) is 78.9 cm³/mol. The molecule has 4 unspecified atom stereocenters. The average molecular weight is 252 g/mol. The molecule has 0 bridgehead atoms. The Morgan fingerprint density at radius 2 is 1.89 bits per heavy atom. The molecule has 106 valence electrons. The molecule has 0 radical (unpaired) electrons. The molecule has 1 aliphatic carbocycles. The van der Waals surface area contributed by atoms with Gasteiger partial charge in [0.25, 0.3) is 0 Å². The molecular formula is C16H32N2. The summed E-state index contributed by atoms with van der Waals surface area (Å²) in [6.07, 6.45) is 8.60. The van der Waals surface area contributed by atoms with Gasteiger partial charge in [0.2, 0.25) is 0 Å². The summed E-state index contributed by atoms with van der Waals surface area (Å²) in [7, 11) is 0. The lowest BCUT2D eigenvalue weighted by atomic mass is 9.91. The lowest BCUT2D eigenvalue weighted by Crippen LogP contribution is -2.51. The molecule has 0 aromatic carbocycles. The van der Waals surface area contributed by atoms with Crippen molar-refractivity contribution in [3.63, 3.8) is 0 Å². The summed E-state index contributed by atoms with van der Waals surface area (Å²) < 4.78 is 0. The predicted octanol–water partition coefficient (Wildman–Crippen LogP) is 3.28. The third kappa shape index (κ3) is 3.71. The maximum absolute atomic E-state index is 3.65. The van der Waals surface area contributed by atoms with Crippen LogP contribution in [0.15, 0.2) is 0 Å². The average Bonchev–Trinajstić information content (AvgIpc) is 2.57. The van der Waals surface area contributed by atoms with Crippen LogP contribution in [0.1, 0.15) is 59.3 Å². The molecule has 0 spiro atoms. The van der Waals surface area contributed by atoms with Gasteiger partial charge in [0, 0.05) is 18.6 Å². The van der Waals surface area contributed by atoms with Crippen LogP contribution in [0.2, 0.25) is 0 Å². The fourth-order valence-corrected chi connectivity index (χ4v) is 3.91. The second-order valence-corrected chi connectivity index (χ2v) is 6.69. The lowest BCUT2D eigenvalue weighted by Gasteiger charge is -2.41. The van der Waals surface area contributed by atoms with E-state index < -0.39 is 0 Å². The largest absolute Gasteiger partial charge is 0.314 e. The van der Waals surface area contributed by atoms with Crippen molar-refractivity contribution in [2.45, 2.75) is 71.4 Å². The monoisotopic (exact) mass is 252 g/mol. The molecule has 1 N–H and O–H groups in total. The van der Waals surface area contributed by atoms with Crippen molar-refractivity contribution >= 4 is 0 Å². The molecule has 1 saturated heterocycles. The number of likely N-dealkylation sites (tertiary alicyclic amines) is 1. The Morgan fingerprint density at radius 1 is 1.06 bits per heavy atom. The zero-order valence-corrected chi connectivity index (χ0v) is 12.6. The van der Waals surface area contributed by atoms with Crippen molar-refractivity contribution in [2.75, 3.05) is 19.6 Å². The third-order valence-corrected chi connectivity index (χ3v) is 5.15. The highest BCUT2D eigenvalue weighted by atomic mass is 15.2. The highest BCUT2D eigenvalue weighted by Crippen LogP contribution is 2.28. The highest BCUT2D eigenvalue weighted by Gasteiger charge is 2.30. The van der Waals surface area contributed by atoms with Crippen LogP contribution in [0.3, 0.4) is 0 Å². The van der Waals surface area contributed by atoms with E-state index in [1.54, 1.807) is 0 Å². The summed E-state index contributed by atoms with van der Waals surface area (Å²) in [5.41, 5.74) is 0. The van der Waals surface area contributed by atoms with Crippen molar-refractivity contribution < 1.29 is 0 Å². The van der Waals surface area contributed by atoms with E-state index in [9.17, 15) is 0 Å². The minimum atomic E-state index is 0.760. The molecule has 1 heterocycles. The van der Waals surface area contributed by atoms with E-state index in [0.717, 1.165) is 30.5 Å². The van der Waals surface area contributed by atoms with Crippen LogP contribution in [-0.2, 0) is 0 Å². The van der Waals surface area contributed by atoms with Gasteiger partial charge in [-0.1, -0.05) is 33.6 Å². The van der Waals surface area contributed by atoms with Crippen molar-refractivity contribution in [3.8, 4) is 0 Å². The number of piperidine rings is 1. The lowest BCUT2D eigenvalue weighted by molar-refractivity contribution is 0.0954. The van der Waals surface area contributed by atoms with Gasteiger partial charge in [0.1, 0.15) is 0 Å². The van der Waals surface area contributed by atoms with Crippen LogP contribution in [0.5, 0.6) is 0 Å². The molecular weight excluding hydrogens is 220 g/mol. The SMILES string of the molecule is CCNC1CCN(C2CCCC(C)CC2)CC1C. The van der Waals surface area contributed by atoms with E-state index in [-0.39, 0.29) is 0 Å². The van der Waals surface area contributed by atoms with Gasteiger partial charge in [-0.05, 0) is 50.6 Å². The van der Waals surface area contributed by atoms with E-state index in [1.807, 2.05) is 0 Å². The molecule has 2 nitrogen and oxygen atoms in total. The smallest absolute Gasteiger partial charge is 0.0117 e. The first-order valence-electron chi connectivity index (χ1n) is 8.18. The summed E-state index contributed by atoms with van der Waals surface area (Å²) in [5.74, 6) is 1.78. The first-order chi connectivity index (χ1) is 8.70. The normalized spacial score (nSPS) is 39.5. The number of hydrogen-bond acceptors (Lipinski definition) is 2. The van der Waals surface area contributed by atoms with Crippen LogP contribution in [-0.4, -0.2) is 36.6 Å². The van der Waals surface area contributed by atoms with Gasteiger partial charge in [-0.2, -0.15) is 0 Å². The van der Waals surface area contributed by atoms with E-state index >= 15 is 0 Å². The summed E-state index contributed by atoms with van der Waals surface area (Å²) >= 11 is 0. The van der Waals surface area contributed by atoms with E-state index in [1.165, 1.54) is 51.6 Å². The molecule has 2 fully saturated rings. The molecule has 1 saturated carbocycles. The van der Waals surface area contributed by atoms with Gasteiger partial charge in [-0.15, -0.1) is 0 Å². The Balaban J connectivity index is 1.83. The van der Waals surface area contributed by atoms with Crippen LogP contribution >= 0.6 is 0 Å². The number of nitrogens with zero attached hydrogens (tertiary/aromatic N) is 1. The van der Waals surface area contributed by atoms with Gasteiger partial charge in [-0.3, -0.25) is 0 Å². The standard InChI is InChI=1S/C16H32N2/c1-4-17-16-10-11-18(12-14(16)3)15-7-5-6-13(2)8-9-15/h13-17H,4-12H2,1-3H3. The van der Waals surface area contributed by atoms with Crippen LogP contribution in [0.25, 0.3) is 0 Å². The van der Waals surface area contributed by atoms with E-state index in [2.05, 4.69) is 31.0 Å². The molecule has 2 rings (SSSR count). The summed E-state index contributed by atoms with van der Waals surface area (Å²) in [5, 5.41) is 3.65. The van der Waals surface area contributed by atoms with Crippen molar-refractivity contribution in [1.82, 2.24) is 10.2 Å². The zero-order valence-electron chi connectivity index (χ0n) is 12.6. The first kappa shape index (κ1) is 14.3. The third-order valence-electron chi connectivity index (χ3n) is 5.15. The number of rotatable bonds is 3. The van der Waals surface area contributed by atoms with E-state index in [0.29, 0.717) is 0 Å². The minimum Gasteiger partial charge on any atom is -0.314 e. The number of hydrogen-bond donors (Lipinski definition) is 1. The van der Waals surface area contributed by atoms with Crippen LogP contribution < -0.4 is 5.32 Å². The Labute approximate surface area is 114 Å². The molecule has 0 aromatic heterocycles. The summed E-state index contributed by atoms with van der Waals surface area (Å²) in [6.45, 7) is 10.8. The first-order valence-corrected chi connectivity index (χ1v) is 8.18. The second-order valence-electron chi connectivity index (χ2n) is 6.69. The molecule has 4 atom stereocenters. The minimum absolute atomic E-state index is 0.760. The Kier molecular flexibility index (Phi) is 5.50. The molecule has 2 heteroatoms. The van der Waals surface area contributed by atoms with Gasteiger partial charge in [0.05, 0.1) is 0 Å². The number of nitrogens with one attached hydrogen (secondary N) is 1. The Bertz CT molecular complexity index is 241. The topological polar surface area (TPSA) is 15.3 Å². The van der Waals surface area contributed by atoms with Crippen molar-refractivity contribution in [3.05, 3.63) is 0 Å². The van der Waals surface area contributed by atoms with Gasteiger partial charge < -0.3 is 10.2 Å². The molecule has 1 aliphatic heterocycles. The van der Waals surface area contributed by atoms with Crippen LogP contribution in [0, 0.1) is 11.8 Å². The summed E-state index contributed by atoms with van der Waals surface area (Å²) in [4.78, 5) is 2.80. The van der Waals surface area contributed by atoms with Gasteiger partial charge >= 0.3 is 0 Å². The van der Waals surface area contributed by atoms with Crippen molar-refractivity contribution in [1.29, 1.82) is 0 Å². The van der Waals surface area contributed by atoms with Gasteiger partial charge in [0.15, 0.2) is 0 Å². The second kappa shape index (κ2) is 6.91. The maximum Gasteiger partial charge on any atom is 0.0117 e. The molecule has 2 aliphatic rings. The fourth-order valence-electron chi connectivity index (χ4n) is 3.91. The maximum atomic E-state index is 3.65. The molecule has 0 amide bonds. The fraction of sp³-hybridized carbons (Fsp3) is 1.00. The Hall–Kier alpha value is -0.0800. The zero-order chi connectivity index (χ0) is 13.0. The van der Waals surface area contributed by atoms with Gasteiger partial charge in [-0.25, -0.2) is 0 Å². The van der Waals surface area contributed by atoms with Crippen molar-refractivity contribution in [2.24, 2.45) is 11.8 Å². The van der Waals surface area contributed by atoms with Crippen LogP contribution in [0.4, 0.5) is 0 Å². The summed E-state index contributed by atoms with van der Waals surface area (Å²) in [6, 6.07) is 1.65. The molecule has 0 aromatic rings.